The fraction of sp³-hybridized carbons (Fsp3) is 0.103. The molecule has 0 amide bonds. The summed E-state index contributed by atoms with van der Waals surface area (Å²) in [5, 5.41) is 0. The summed E-state index contributed by atoms with van der Waals surface area (Å²) in [5.41, 5.74) is 4.83. The maximum atomic E-state index is 12.8. The Morgan fingerprint density at radius 3 is 1.24 bits per heavy atom. The number of benzene rings is 4. The van der Waals surface area contributed by atoms with E-state index >= 15 is 0 Å². The summed E-state index contributed by atoms with van der Waals surface area (Å²) in [4.78, 5) is 44.3. The van der Waals surface area contributed by atoms with Gasteiger partial charge in [0.15, 0.2) is 11.5 Å². The summed E-state index contributed by atoms with van der Waals surface area (Å²) in [6.07, 6.45) is 0.207. The number of hydrogen-bond donors (Lipinski definition) is 0. The average molecular weight is 804 g/mol. The highest BCUT2D eigenvalue weighted by Crippen LogP contribution is 2.39. The molecule has 8 nitrogen and oxygen atoms in total. The van der Waals surface area contributed by atoms with Crippen molar-refractivity contribution >= 4 is 120 Å². The van der Waals surface area contributed by atoms with Crippen LogP contribution in [0.5, 0.6) is 11.5 Å². The average Bonchev–Trinajstić information content (AvgIpc) is 2.96. The molecule has 204 valence electrons. The van der Waals surface area contributed by atoms with Gasteiger partial charge in [0.1, 0.15) is 22.1 Å². The molecular weight excluding hydrogens is 788 g/mol. The van der Waals surface area contributed by atoms with Gasteiger partial charge in [-0.05, 0) is 107 Å². The summed E-state index contributed by atoms with van der Waals surface area (Å²) >= 11 is 14.0. The molecule has 0 aliphatic rings. The molecule has 0 unspecified atom stereocenters. The maximum Gasteiger partial charge on any atom is 0.311 e. The molecule has 0 bridgehead atoms. The summed E-state index contributed by atoms with van der Waals surface area (Å²) < 4.78 is 13.9. The van der Waals surface area contributed by atoms with Crippen molar-refractivity contribution in [2.45, 2.75) is 19.3 Å². The predicted octanol–water partition coefficient (Wildman–Crippen LogP) is 8.61. The number of esters is 2. The normalized spacial score (nSPS) is 11.4. The van der Waals surface area contributed by atoms with Crippen molar-refractivity contribution in [3.63, 3.8) is 0 Å². The first-order valence-corrected chi connectivity index (χ1v) is 15.5. The van der Waals surface area contributed by atoms with E-state index in [0.29, 0.717) is 51.0 Å². The van der Waals surface area contributed by atoms with Crippen LogP contribution < -0.4 is 9.47 Å². The number of fused-ring (bicyclic) bond motifs is 4. The molecule has 2 heterocycles. The van der Waals surface area contributed by atoms with Gasteiger partial charge in [0, 0.05) is 21.8 Å². The van der Waals surface area contributed by atoms with Gasteiger partial charge in [0.05, 0.1) is 31.0 Å². The number of halogens is 4. The van der Waals surface area contributed by atoms with Crippen molar-refractivity contribution in [1.82, 2.24) is 19.9 Å². The third-order valence-corrected chi connectivity index (χ3v) is 8.55. The molecule has 0 fully saturated rings. The van der Waals surface area contributed by atoms with Crippen LogP contribution in [0.15, 0.2) is 78.6 Å². The molecule has 6 aromatic rings. The lowest BCUT2D eigenvalue weighted by atomic mass is 10.2. The molecule has 0 atom stereocenters. The second kappa shape index (κ2) is 11.7. The fourth-order valence-corrected chi connectivity index (χ4v) is 6.89. The Labute approximate surface area is 266 Å². The summed E-state index contributed by atoms with van der Waals surface area (Å²) in [5.74, 6) is -0.482. The minimum Gasteiger partial charge on any atom is -0.423 e. The number of rotatable bonds is 6. The van der Waals surface area contributed by atoms with Crippen LogP contribution in [0.4, 0.5) is 0 Å². The van der Waals surface area contributed by atoms with Crippen molar-refractivity contribution in [3.05, 3.63) is 78.6 Å². The van der Waals surface area contributed by atoms with Crippen LogP contribution in [0.3, 0.4) is 0 Å². The first-order chi connectivity index (χ1) is 19.8. The number of carbonyl (C=O) groups excluding carboxylic acids is 2. The molecule has 0 aliphatic heterocycles. The quantitative estimate of drug-likeness (QED) is 0.0938. The second-order valence-corrected chi connectivity index (χ2v) is 12.4. The lowest BCUT2D eigenvalue weighted by Crippen LogP contribution is -2.13. The van der Waals surface area contributed by atoms with Crippen molar-refractivity contribution in [2.75, 3.05) is 0 Å². The number of para-hydroxylation sites is 4. The van der Waals surface area contributed by atoms with Crippen LogP contribution in [0.1, 0.15) is 19.3 Å². The minimum atomic E-state index is -0.510. The van der Waals surface area contributed by atoms with Crippen LogP contribution in [-0.4, -0.2) is 31.9 Å². The first-order valence-electron chi connectivity index (χ1n) is 12.3. The molecule has 2 aromatic heterocycles. The molecule has 0 radical (unpaired) electrons. The van der Waals surface area contributed by atoms with Gasteiger partial charge in [-0.25, -0.2) is 19.9 Å². The van der Waals surface area contributed by atoms with Gasteiger partial charge in [-0.1, -0.05) is 24.3 Å². The Morgan fingerprint density at radius 1 is 0.537 bits per heavy atom. The lowest BCUT2D eigenvalue weighted by molar-refractivity contribution is -0.136. The molecule has 4 aromatic carbocycles. The molecule has 0 aliphatic carbocycles. The fourth-order valence-electron chi connectivity index (χ4n) is 4.27. The molecule has 0 saturated carbocycles. The highest BCUT2D eigenvalue weighted by Gasteiger charge is 2.20. The van der Waals surface area contributed by atoms with Gasteiger partial charge in [-0.2, -0.15) is 0 Å². The second-order valence-electron chi connectivity index (χ2n) is 8.96. The third-order valence-electron chi connectivity index (χ3n) is 6.16. The van der Waals surface area contributed by atoms with E-state index in [1.165, 1.54) is 0 Å². The van der Waals surface area contributed by atoms with Crippen LogP contribution in [-0.2, 0) is 9.59 Å². The molecule has 0 spiro atoms. The van der Waals surface area contributed by atoms with E-state index in [-0.39, 0.29) is 30.8 Å². The third kappa shape index (κ3) is 5.70. The number of carbonyl (C=O) groups is 2. The van der Waals surface area contributed by atoms with Crippen molar-refractivity contribution < 1.29 is 19.1 Å². The van der Waals surface area contributed by atoms with Crippen molar-refractivity contribution in [3.8, 4) is 11.5 Å². The number of ether oxygens (including phenoxy) is 2. The molecule has 12 heteroatoms. The Hall–Kier alpha value is -3.06. The van der Waals surface area contributed by atoms with Gasteiger partial charge in [-0.3, -0.25) is 9.59 Å². The van der Waals surface area contributed by atoms with Gasteiger partial charge in [-0.15, -0.1) is 0 Å². The Morgan fingerprint density at radius 2 is 0.878 bits per heavy atom. The predicted molar refractivity (Wildman–Crippen MR) is 170 cm³/mol. The molecule has 0 saturated heterocycles. The molecule has 41 heavy (non-hydrogen) atoms. The zero-order valence-electron chi connectivity index (χ0n) is 20.8. The van der Waals surface area contributed by atoms with Gasteiger partial charge >= 0.3 is 11.9 Å². The zero-order chi connectivity index (χ0) is 28.7. The molecular formula is C29H16Br4N4O4. The van der Waals surface area contributed by atoms with Crippen LogP contribution in [0.2, 0.25) is 0 Å². The Bertz CT molecular complexity index is 1890. The van der Waals surface area contributed by atoms with Crippen LogP contribution in [0, 0.1) is 0 Å². The first kappa shape index (κ1) is 28.1. The Balaban J connectivity index is 1.16. The van der Waals surface area contributed by atoms with Crippen molar-refractivity contribution in [2.24, 2.45) is 0 Å². The van der Waals surface area contributed by atoms with E-state index in [0.717, 1.165) is 11.0 Å². The highest BCUT2D eigenvalue weighted by molar-refractivity contribution is 9.11. The standard InChI is InChI=1S/C29H16Br4N4O4/c30-14-12-16(32)28(26-24(14)34-18-6-1-3-8-20(18)36-26)40-22(38)10-5-11-23(39)41-29-17(33)13-15(31)25-27(29)37-21-9-4-2-7-19(21)35-25/h1-4,6-9,12-13H,5,10-11H2. The largest absolute Gasteiger partial charge is 0.423 e. The highest BCUT2D eigenvalue weighted by atomic mass is 79.9. The van der Waals surface area contributed by atoms with E-state index in [1.54, 1.807) is 12.1 Å². The number of aromatic nitrogens is 4. The summed E-state index contributed by atoms with van der Waals surface area (Å²) in [6, 6.07) is 18.4. The van der Waals surface area contributed by atoms with Gasteiger partial charge < -0.3 is 9.47 Å². The number of nitrogens with zero attached hydrogens (tertiary/aromatic N) is 4. The molecule has 6 rings (SSSR count). The minimum absolute atomic E-state index is 0.00714. The summed E-state index contributed by atoms with van der Waals surface area (Å²) in [6.45, 7) is 0. The maximum absolute atomic E-state index is 12.8. The Kier molecular flexibility index (Phi) is 7.99. The summed E-state index contributed by atoms with van der Waals surface area (Å²) in [7, 11) is 0. The number of hydrogen-bond acceptors (Lipinski definition) is 8. The van der Waals surface area contributed by atoms with E-state index < -0.39 is 11.9 Å². The van der Waals surface area contributed by atoms with E-state index in [4.69, 9.17) is 9.47 Å². The van der Waals surface area contributed by atoms with Gasteiger partial charge in [0.2, 0.25) is 0 Å². The van der Waals surface area contributed by atoms with E-state index in [1.807, 2.05) is 48.5 Å². The van der Waals surface area contributed by atoms with Gasteiger partial charge in [0.25, 0.3) is 0 Å². The molecule has 0 N–H and O–H groups in total. The van der Waals surface area contributed by atoms with Crippen LogP contribution >= 0.6 is 63.7 Å². The van der Waals surface area contributed by atoms with E-state index in [9.17, 15) is 9.59 Å². The smallest absolute Gasteiger partial charge is 0.311 e. The lowest BCUT2D eigenvalue weighted by Gasteiger charge is -2.12. The monoisotopic (exact) mass is 800 g/mol. The van der Waals surface area contributed by atoms with Crippen molar-refractivity contribution in [1.29, 1.82) is 0 Å². The SMILES string of the molecule is O=C(CCCC(=O)Oc1c(Br)cc(Br)c2nc3ccccc3nc12)Oc1c(Br)cc(Br)c2nc3ccccc3nc12. The van der Waals surface area contributed by atoms with Crippen LogP contribution in [0.25, 0.3) is 44.1 Å². The topological polar surface area (TPSA) is 104 Å². The zero-order valence-corrected chi connectivity index (χ0v) is 27.2. The van der Waals surface area contributed by atoms with E-state index in [2.05, 4.69) is 83.7 Å².